The molecule has 1 heteroatoms. The largest absolute Gasteiger partial charge is 0.330 e. The fourth-order valence-corrected chi connectivity index (χ4v) is 3.83. The maximum atomic E-state index is 6.07. The molecule has 1 fully saturated rings. The molecule has 0 aliphatic heterocycles. The average Bonchev–Trinajstić information content (AvgIpc) is 2.93. The van der Waals surface area contributed by atoms with Crippen molar-refractivity contribution in [1.29, 1.82) is 0 Å². The highest BCUT2D eigenvalue weighted by Gasteiger charge is 2.34. The first kappa shape index (κ1) is 11.3. The van der Waals surface area contributed by atoms with E-state index in [0.29, 0.717) is 5.41 Å². The molecule has 1 nitrogen and oxygen atoms in total. The van der Waals surface area contributed by atoms with E-state index in [1.165, 1.54) is 44.1 Å². The predicted octanol–water partition coefficient (Wildman–Crippen LogP) is 3.19. The lowest BCUT2D eigenvalue weighted by Crippen LogP contribution is -2.32. The highest BCUT2D eigenvalue weighted by molar-refractivity contribution is 5.40. The lowest BCUT2D eigenvalue weighted by atomic mass is 9.78. The number of hydrogen-bond acceptors (Lipinski definition) is 1. The minimum absolute atomic E-state index is 0.306. The molecule has 2 N–H and O–H groups in total. The maximum absolute atomic E-state index is 6.07. The maximum Gasteiger partial charge on any atom is 0.00756 e. The molecule has 0 amide bonds. The standard InChI is InChI=1S/C16H23N/c1-12-8-13-4-5-15(10-14(13)9-12)16(11-17)6-2-3-7-16/h4-5,10,12H,2-3,6-9,11,17H2,1H3. The van der Waals surface area contributed by atoms with Crippen molar-refractivity contribution in [2.75, 3.05) is 6.54 Å². The van der Waals surface area contributed by atoms with Crippen LogP contribution in [0.15, 0.2) is 18.2 Å². The fourth-order valence-electron chi connectivity index (χ4n) is 3.83. The number of fused-ring (bicyclic) bond motifs is 1. The van der Waals surface area contributed by atoms with Gasteiger partial charge in [0.05, 0.1) is 0 Å². The molecule has 0 aromatic heterocycles. The van der Waals surface area contributed by atoms with Gasteiger partial charge in [0.25, 0.3) is 0 Å². The van der Waals surface area contributed by atoms with Gasteiger partial charge in [-0.25, -0.2) is 0 Å². The molecule has 1 saturated carbocycles. The second-order valence-electron chi connectivity index (χ2n) is 6.19. The Morgan fingerprint density at radius 3 is 2.59 bits per heavy atom. The van der Waals surface area contributed by atoms with Crippen molar-refractivity contribution in [3.63, 3.8) is 0 Å². The van der Waals surface area contributed by atoms with Crippen LogP contribution in [-0.2, 0) is 18.3 Å². The molecule has 0 saturated heterocycles. The molecule has 3 rings (SSSR count). The van der Waals surface area contributed by atoms with Crippen molar-refractivity contribution in [2.45, 2.75) is 50.9 Å². The van der Waals surface area contributed by atoms with Crippen molar-refractivity contribution in [2.24, 2.45) is 11.7 Å². The van der Waals surface area contributed by atoms with E-state index in [0.717, 1.165) is 12.5 Å². The van der Waals surface area contributed by atoms with Crippen LogP contribution in [0, 0.1) is 5.92 Å². The van der Waals surface area contributed by atoms with Gasteiger partial charge >= 0.3 is 0 Å². The van der Waals surface area contributed by atoms with Crippen molar-refractivity contribution in [3.05, 3.63) is 34.9 Å². The summed E-state index contributed by atoms with van der Waals surface area (Å²) in [7, 11) is 0. The van der Waals surface area contributed by atoms with E-state index in [2.05, 4.69) is 25.1 Å². The van der Waals surface area contributed by atoms with Gasteiger partial charge in [-0.2, -0.15) is 0 Å². The van der Waals surface area contributed by atoms with Gasteiger partial charge in [0, 0.05) is 12.0 Å². The summed E-state index contributed by atoms with van der Waals surface area (Å²) in [5.74, 6) is 0.831. The summed E-state index contributed by atoms with van der Waals surface area (Å²) >= 11 is 0. The Kier molecular flexibility index (Phi) is 2.74. The van der Waals surface area contributed by atoms with Crippen LogP contribution in [0.5, 0.6) is 0 Å². The summed E-state index contributed by atoms with van der Waals surface area (Å²) in [6.07, 6.45) is 7.82. The third kappa shape index (κ3) is 1.81. The van der Waals surface area contributed by atoms with E-state index in [-0.39, 0.29) is 0 Å². The molecule has 0 heterocycles. The zero-order chi connectivity index (χ0) is 11.9. The quantitative estimate of drug-likeness (QED) is 0.828. The van der Waals surface area contributed by atoms with Crippen LogP contribution < -0.4 is 5.73 Å². The number of benzene rings is 1. The van der Waals surface area contributed by atoms with Crippen LogP contribution in [-0.4, -0.2) is 6.54 Å². The monoisotopic (exact) mass is 229 g/mol. The van der Waals surface area contributed by atoms with E-state index in [4.69, 9.17) is 5.73 Å². The molecule has 0 bridgehead atoms. The molecule has 1 aromatic carbocycles. The van der Waals surface area contributed by atoms with Gasteiger partial charge in [-0.1, -0.05) is 38.0 Å². The van der Waals surface area contributed by atoms with Gasteiger partial charge in [-0.05, 0) is 48.3 Å². The number of hydrogen-bond donors (Lipinski definition) is 1. The van der Waals surface area contributed by atoms with Gasteiger partial charge in [0.15, 0.2) is 0 Å². The molecule has 17 heavy (non-hydrogen) atoms. The molecule has 1 aromatic rings. The second kappa shape index (κ2) is 4.13. The lowest BCUT2D eigenvalue weighted by molar-refractivity contribution is 0.452. The molecule has 1 atom stereocenters. The van der Waals surface area contributed by atoms with E-state index < -0.39 is 0 Å². The summed E-state index contributed by atoms with van der Waals surface area (Å²) in [5.41, 5.74) is 11.1. The van der Waals surface area contributed by atoms with Gasteiger partial charge in [-0.3, -0.25) is 0 Å². The Balaban J connectivity index is 1.96. The van der Waals surface area contributed by atoms with Crippen LogP contribution in [0.4, 0.5) is 0 Å². The van der Waals surface area contributed by atoms with Crippen molar-refractivity contribution < 1.29 is 0 Å². The van der Waals surface area contributed by atoms with Crippen LogP contribution in [0.2, 0.25) is 0 Å². The molecule has 0 spiro atoms. The minimum atomic E-state index is 0.306. The Labute approximate surface area is 104 Å². The third-order valence-electron chi connectivity index (χ3n) is 4.91. The molecule has 0 radical (unpaired) electrons. The first-order valence-corrected chi connectivity index (χ1v) is 7.06. The molecule has 2 aliphatic rings. The van der Waals surface area contributed by atoms with E-state index in [9.17, 15) is 0 Å². The fraction of sp³-hybridized carbons (Fsp3) is 0.625. The average molecular weight is 229 g/mol. The second-order valence-corrected chi connectivity index (χ2v) is 6.19. The summed E-state index contributed by atoms with van der Waals surface area (Å²) in [4.78, 5) is 0. The Morgan fingerprint density at radius 1 is 1.18 bits per heavy atom. The Hall–Kier alpha value is -0.820. The van der Waals surface area contributed by atoms with Crippen LogP contribution in [0.3, 0.4) is 0 Å². The number of rotatable bonds is 2. The van der Waals surface area contributed by atoms with E-state index in [1.807, 2.05) is 0 Å². The molecule has 92 valence electrons. The van der Waals surface area contributed by atoms with Gasteiger partial charge in [-0.15, -0.1) is 0 Å². The highest BCUT2D eigenvalue weighted by Crippen LogP contribution is 2.41. The lowest BCUT2D eigenvalue weighted by Gasteiger charge is -2.28. The van der Waals surface area contributed by atoms with E-state index in [1.54, 1.807) is 11.1 Å². The zero-order valence-electron chi connectivity index (χ0n) is 10.8. The summed E-state index contributed by atoms with van der Waals surface area (Å²) < 4.78 is 0. The van der Waals surface area contributed by atoms with Crippen LogP contribution in [0.1, 0.15) is 49.3 Å². The summed E-state index contributed by atoms with van der Waals surface area (Å²) in [5, 5.41) is 0. The van der Waals surface area contributed by atoms with Crippen LogP contribution >= 0.6 is 0 Å². The summed E-state index contributed by atoms with van der Waals surface area (Å²) in [6, 6.07) is 7.19. The first-order chi connectivity index (χ1) is 8.23. The topological polar surface area (TPSA) is 26.0 Å². The van der Waals surface area contributed by atoms with Gasteiger partial charge in [0.2, 0.25) is 0 Å². The Bertz CT molecular complexity index is 416. The normalized spacial score (nSPS) is 26.1. The van der Waals surface area contributed by atoms with Crippen molar-refractivity contribution in [1.82, 2.24) is 0 Å². The van der Waals surface area contributed by atoms with Crippen molar-refractivity contribution >= 4 is 0 Å². The molecule has 2 aliphatic carbocycles. The molecular formula is C16H23N. The SMILES string of the molecule is CC1Cc2ccc(C3(CN)CCCC3)cc2C1. The summed E-state index contributed by atoms with van der Waals surface area (Å²) in [6.45, 7) is 3.18. The number of nitrogens with two attached hydrogens (primary N) is 1. The van der Waals surface area contributed by atoms with Gasteiger partial charge < -0.3 is 5.73 Å². The predicted molar refractivity (Wildman–Crippen MR) is 72.2 cm³/mol. The first-order valence-electron chi connectivity index (χ1n) is 7.06. The molecule has 1 unspecified atom stereocenters. The van der Waals surface area contributed by atoms with E-state index >= 15 is 0 Å². The minimum Gasteiger partial charge on any atom is -0.330 e. The molecular weight excluding hydrogens is 206 g/mol. The van der Waals surface area contributed by atoms with Crippen LogP contribution in [0.25, 0.3) is 0 Å². The van der Waals surface area contributed by atoms with Gasteiger partial charge in [0.1, 0.15) is 0 Å². The highest BCUT2D eigenvalue weighted by atomic mass is 14.6. The smallest absolute Gasteiger partial charge is 0.00756 e. The van der Waals surface area contributed by atoms with Crippen molar-refractivity contribution in [3.8, 4) is 0 Å². The Morgan fingerprint density at radius 2 is 1.88 bits per heavy atom. The zero-order valence-corrected chi connectivity index (χ0v) is 10.8. The third-order valence-corrected chi connectivity index (χ3v) is 4.91.